The number of ether oxygens (including phenoxy) is 7. The van der Waals surface area contributed by atoms with E-state index in [-0.39, 0.29) is 16.2 Å². The van der Waals surface area contributed by atoms with E-state index in [9.17, 15) is 33.6 Å². The van der Waals surface area contributed by atoms with E-state index in [1.807, 2.05) is 0 Å². The molecule has 1 aromatic carbocycles. The molecule has 18 heteroatoms. The van der Waals surface area contributed by atoms with Gasteiger partial charge in [0.05, 0.1) is 41.7 Å². The molecule has 0 unspecified atom stereocenters. The first-order chi connectivity index (χ1) is 22.4. The van der Waals surface area contributed by atoms with Crippen molar-refractivity contribution in [1.29, 1.82) is 0 Å². The Morgan fingerprint density at radius 3 is 2.17 bits per heavy atom. The quantitative estimate of drug-likeness (QED) is 0.259. The van der Waals surface area contributed by atoms with Gasteiger partial charge in [0.15, 0.2) is 18.0 Å². The van der Waals surface area contributed by atoms with Gasteiger partial charge >= 0.3 is 35.6 Å². The highest BCUT2D eigenvalue weighted by Crippen LogP contribution is 2.43. The normalized spacial score (nSPS) is 21.6. The average molecular weight is 762 g/mol. The van der Waals surface area contributed by atoms with Crippen LogP contribution in [0.3, 0.4) is 0 Å². The van der Waals surface area contributed by atoms with E-state index in [2.05, 4.69) is 21.2 Å². The van der Waals surface area contributed by atoms with Crippen LogP contribution >= 0.6 is 27.5 Å². The van der Waals surface area contributed by atoms with Gasteiger partial charge in [-0.25, -0.2) is 4.79 Å². The van der Waals surface area contributed by atoms with E-state index in [1.165, 1.54) is 17.7 Å². The predicted molar refractivity (Wildman–Crippen MR) is 167 cm³/mol. The molecule has 1 aliphatic heterocycles. The summed E-state index contributed by atoms with van der Waals surface area (Å²) in [6.45, 7) is 5.95. The third-order valence-electron chi connectivity index (χ3n) is 6.93. The van der Waals surface area contributed by atoms with Gasteiger partial charge in [0.1, 0.15) is 18.8 Å². The molecule has 0 spiro atoms. The topological polar surface area (TPSA) is 201 Å². The Bertz CT molecular complexity index is 1630. The minimum Gasteiger partial charge on any atom is -0.464 e. The number of fused-ring (bicyclic) bond motifs is 1. The third-order valence-corrected chi connectivity index (χ3v) is 8.22. The lowest BCUT2D eigenvalue weighted by molar-refractivity contribution is -0.289. The number of nitrogens with zero attached hydrogens (tertiary/aromatic N) is 1. The summed E-state index contributed by atoms with van der Waals surface area (Å²) in [5, 5.41) is 2.84. The minimum absolute atomic E-state index is 0.0941. The maximum atomic E-state index is 13.8. The lowest BCUT2D eigenvalue weighted by Gasteiger charge is -2.48. The SMILES string of the molecule is COC(=O)[C@@]1(Oc2cn(C(C)=O)c3ccc(Br)c(Cl)c23)C[C@H](OC(C)=O)[C@@H](NC(C)=O)[C@H]([C@H](OC(C)=O)[C@H](COC(C)=O)OC(C)=O)O1. The number of halogens is 2. The van der Waals surface area contributed by atoms with Crippen LogP contribution in [0.4, 0.5) is 0 Å². The molecule has 1 amide bonds. The molecule has 3 rings (SSSR count). The number of carbonyl (C=O) groups excluding carboxylic acids is 7. The fourth-order valence-corrected chi connectivity index (χ4v) is 5.83. The highest BCUT2D eigenvalue weighted by atomic mass is 79.9. The first-order valence-corrected chi connectivity index (χ1v) is 15.4. The second-order valence-electron chi connectivity index (χ2n) is 10.7. The number of methoxy groups -OCH3 is 1. The molecule has 48 heavy (non-hydrogen) atoms. The van der Waals surface area contributed by atoms with E-state index >= 15 is 0 Å². The summed E-state index contributed by atoms with van der Waals surface area (Å²) < 4.78 is 40.8. The minimum atomic E-state index is -2.57. The smallest absolute Gasteiger partial charge is 0.379 e. The van der Waals surface area contributed by atoms with Gasteiger partial charge in [0, 0.05) is 46.0 Å². The molecule has 2 heterocycles. The summed E-state index contributed by atoms with van der Waals surface area (Å²) in [6.07, 6.45) is -5.91. The number of nitrogens with one attached hydrogen (secondary N) is 1. The largest absolute Gasteiger partial charge is 0.464 e. The Labute approximate surface area is 287 Å². The van der Waals surface area contributed by atoms with E-state index in [4.69, 9.17) is 44.8 Å². The summed E-state index contributed by atoms with van der Waals surface area (Å²) in [6, 6.07) is 1.76. The van der Waals surface area contributed by atoms with Gasteiger partial charge in [-0.05, 0) is 28.1 Å². The van der Waals surface area contributed by atoms with Crippen molar-refractivity contribution in [2.75, 3.05) is 13.7 Å². The second-order valence-corrected chi connectivity index (χ2v) is 11.9. The number of carbonyl (C=O) groups is 7. The molecule has 6 atom stereocenters. The number of amides is 1. The van der Waals surface area contributed by atoms with E-state index in [0.717, 1.165) is 41.7 Å². The molecule has 1 saturated heterocycles. The first-order valence-electron chi connectivity index (χ1n) is 14.3. The lowest BCUT2D eigenvalue weighted by Crippen LogP contribution is -2.70. The Morgan fingerprint density at radius 2 is 1.65 bits per heavy atom. The number of esters is 5. The van der Waals surface area contributed by atoms with Gasteiger partial charge in [-0.2, -0.15) is 0 Å². The van der Waals surface area contributed by atoms with E-state index in [1.54, 1.807) is 12.1 Å². The standard InChI is InChI=1S/C30H34BrClN2O14/c1-13(35)33-26-21(44-16(4)38)10-30(29(41)42-7,47-22-11-34(14(2)36)20-9-8-19(31)25(32)24(20)22)48-28(26)27(46-18(6)40)23(45-17(5)39)12-43-15(3)37/h8-9,11,21,23,26-28H,10,12H2,1-7H3,(H,33,35)/t21-,23-,26+,27+,28+,30+/m0/s1. The second kappa shape index (κ2) is 15.8. The van der Waals surface area contributed by atoms with Crippen LogP contribution in [0.15, 0.2) is 22.8 Å². The molecule has 2 aromatic rings. The molecule has 1 fully saturated rings. The first kappa shape index (κ1) is 38.2. The van der Waals surface area contributed by atoms with Gasteiger partial charge in [0.2, 0.25) is 11.8 Å². The molecule has 0 aliphatic carbocycles. The molecule has 1 aliphatic rings. The van der Waals surface area contributed by atoms with Crippen molar-refractivity contribution in [3.8, 4) is 5.75 Å². The van der Waals surface area contributed by atoms with Gasteiger partial charge in [-0.1, -0.05) is 11.6 Å². The number of hydrogen-bond acceptors (Lipinski definition) is 14. The summed E-state index contributed by atoms with van der Waals surface area (Å²) in [5.41, 5.74) is 0.292. The van der Waals surface area contributed by atoms with Gasteiger partial charge in [-0.3, -0.25) is 33.3 Å². The number of aromatic nitrogens is 1. The van der Waals surface area contributed by atoms with Crippen LogP contribution in [-0.2, 0) is 57.2 Å². The highest BCUT2D eigenvalue weighted by Gasteiger charge is 2.60. The van der Waals surface area contributed by atoms with Crippen molar-refractivity contribution in [2.45, 2.75) is 84.2 Å². The summed E-state index contributed by atoms with van der Waals surface area (Å²) in [7, 11) is 1.01. The molecule has 1 N–H and O–H groups in total. The van der Waals surface area contributed by atoms with Crippen molar-refractivity contribution in [1.82, 2.24) is 9.88 Å². The molecule has 0 saturated carbocycles. The van der Waals surface area contributed by atoms with Crippen LogP contribution in [-0.4, -0.2) is 96.2 Å². The zero-order chi connectivity index (χ0) is 36.1. The Morgan fingerprint density at radius 1 is 1.00 bits per heavy atom. The van der Waals surface area contributed by atoms with Crippen LogP contribution in [0, 0.1) is 0 Å². The van der Waals surface area contributed by atoms with Crippen molar-refractivity contribution >= 4 is 80.1 Å². The van der Waals surface area contributed by atoms with Crippen molar-refractivity contribution in [2.24, 2.45) is 0 Å². The zero-order valence-corrected chi connectivity index (χ0v) is 29.3. The fraction of sp³-hybridized carbons (Fsp3) is 0.500. The number of hydrogen-bond donors (Lipinski definition) is 1. The molecule has 0 radical (unpaired) electrons. The van der Waals surface area contributed by atoms with Crippen molar-refractivity contribution < 1.29 is 66.7 Å². The maximum absolute atomic E-state index is 13.8. The van der Waals surface area contributed by atoms with Crippen LogP contribution in [0.1, 0.15) is 52.8 Å². The molecular formula is C30H34BrClN2O14. The molecule has 0 bridgehead atoms. The van der Waals surface area contributed by atoms with Crippen LogP contribution < -0.4 is 10.1 Å². The Balaban J connectivity index is 2.35. The third kappa shape index (κ3) is 8.82. The molecular weight excluding hydrogens is 728 g/mol. The van der Waals surface area contributed by atoms with E-state index in [0.29, 0.717) is 9.99 Å². The fourth-order valence-electron chi connectivity index (χ4n) is 5.25. The zero-order valence-electron chi connectivity index (χ0n) is 27.0. The Hall–Kier alpha value is -4.22. The summed E-state index contributed by atoms with van der Waals surface area (Å²) in [5.74, 6) is -8.49. The predicted octanol–water partition coefficient (Wildman–Crippen LogP) is 2.62. The van der Waals surface area contributed by atoms with E-state index < -0.39 is 90.9 Å². The van der Waals surface area contributed by atoms with Gasteiger partial charge < -0.3 is 38.5 Å². The maximum Gasteiger partial charge on any atom is 0.379 e. The average Bonchev–Trinajstić information content (AvgIpc) is 3.34. The van der Waals surface area contributed by atoms with Gasteiger partial charge in [-0.15, -0.1) is 0 Å². The summed E-state index contributed by atoms with van der Waals surface area (Å²) >= 11 is 9.95. The Kier molecular flexibility index (Phi) is 12.6. The van der Waals surface area contributed by atoms with Crippen molar-refractivity contribution in [3.05, 3.63) is 27.8 Å². The lowest BCUT2D eigenvalue weighted by atomic mass is 9.88. The molecule has 1 aromatic heterocycles. The number of benzene rings is 1. The highest BCUT2D eigenvalue weighted by molar-refractivity contribution is 9.10. The van der Waals surface area contributed by atoms with Crippen molar-refractivity contribution in [3.63, 3.8) is 0 Å². The van der Waals surface area contributed by atoms with Crippen LogP contribution in [0.5, 0.6) is 5.75 Å². The molecule has 16 nitrogen and oxygen atoms in total. The van der Waals surface area contributed by atoms with Crippen LogP contribution in [0.25, 0.3) is 10.9 Å². The number of rotatable bonds is 11. The van der Waals surface area contributed by atoms with Crippen LogP contribution in [0.2, 0.25) is 5.02 Å². The van der Waals surface area contributed by atoms with Gasteiger partial charge in [0.25, 0.3) is 0 Å². The molecule has 262 valence electrons. The monoisotopic (exact) mass is 760 g/mol. The summed E-state index contributed by atoms with van der Waals surface area (Å²) in [4.78, 5) is 87.6.